The van der Waals surface area contributed by atoms with Gasteiger partial charge in [-0.3, -0.25) is 4.79 Å². The van der Waals surface area contributed by atoms with E-state index in [9.17, 15) is 13.6 Å². The summed E-state index contributed by atoms with van der Waals surface area (Å²) in [6.45, 7) is 1.24. The lowest BCUT2D eigenvalue weighted by Gasteiger charge is -2.31. The number of carbonyl (C=O) groups excluding carboxylic acids is 1. The zero-order valence-electron chi connectivity index (χ0n) is 9.41. The smallest absolute Gasteiger partial charge is 0.272 e. The third-order valence-electron chi connectivity index (χ3n) is 2.79. The molecule has 0 unspecified atom stereocenters. The second kappa shape index (κ2) is 4.65. The molecule has 0 radical (unpaired) electrons. The molecule has 0 spiro atoms. The molecule has 1 aliphatic heterocycles. The summed E-state index contributed by atoms with van der Waals surface area (Å²) in [6.07, 6.45) is -0.389. The molecule has 0 aromatic carbocycles. The van der Waals surface area contributed by atoms with Gasteiger partial charge in [0.05, 0.1) is 17.4 Å². The molecule has 1 saturated heterocycles. The van der Waals surface area contributed by atoms with E-state index in [4.69, 9.17) is 0 Å². The van der Waals surface area contributed by atoms with Crippen LogP contribution in [0.2, 0.25) is 0 Å². The molecule has 0 aliphatic carbocycles. The van der Waals surface area contributed by atoms with E-state index in [1.54, 1.807) is 7.05 Å². The lowest BCUT2D eigenvalue weighted by atomic mass is 10.1. The maximum absolute atomic E-state index is 12.9. The van der Waals surface area contributed by atoms with Gasteiger partial charge < -0.3 is 10.2 Å². The van der Waals surface area contributed by atoms with Gasteiger partial charge in [0.1, 0.15) is 5.69 Å². The Hall–Kier alpha value is -1.72. The van der Waals surface area contributed by atoms with E-state index < -0.39 is 12.3 Å². The topological polar surface area (TPSA) is 45.2 Å². The van der Waals surface area contributed by atoms with Crippen LogP contribution in [0.5, 0.6) is 0 Å². The second-order valence-corrected chi connectivity index (χ2v) is 3.86. The molecule has 1 fully saturated rings. The third kappa shape index (κ3) is 2.20. The fourth-order valence-electron chi connectivity index (χ4n) is 1.63. The summed E-state index contributed by atoms with van der Waals surface area (Å²) in [5, 5.41) is 2.72. The summed E-state index contributed by atoms with van der Waals surface area (Å²) in [7, 11) is 1.61. The maximum atomic E-state index is 12.9. The molecule has 1 amide bonds. The van der Waals surface area contributed by atoms with Crippen LogP contribution in [0.15, 0.2) is 12.3 Å². The van der Waals surface area contributed by atoms with E-state index >= 15 is 0 Å². The van der Waals surface area contributed by atoms with Crippen molar-refractivity contribution in [1.82, 2.24) is 9.88 Å². The van der Waals surface area contributed by atoms with Crippen molar-refractivity contribution in [2.24, 2.45) is 0 Å². The van der Waals surface area contributed by atoms with Gasteiger partial charge in [0, 0.05) is 20.1 Å². The fraction of sp³-hybridized carbons (Fsp3) is 0.455. The fourth-order valence-corrected chi connectivity index (χ4v) is 1.63. The highest BCUT2D eigenvalue weighted by Gasteiger charge is 2.27. The van der Waals surface area contributed by atoms with Crippen molar-refractivity contribution >= 4 is 11.6 Å². The van der Waals surface area contributed by atoms with Crippen LogP contribution in [0, 0.1) is 0 Å². The predicted molar refractivity (Wildman–Crippen MR) is 59.3 cm³/mol. The van der Waals surface area contributed by atoms with Gasteiger partial charge in [-0.05, 0) is 12.5 Å². The summed E-state index contributed by atoms with van der Waals surface area (Å²) in [5.74, 6) is -0.408. The molecule has 1 aliphatic rings. The molecule has 17 heavy (non-hydrogen) atoms. The summed E-state index contributed by atoms with van der Waals surface area (Å²) in [6, 6.07) is 1.27. The zero-order chi connectivity index (χ0) is 12.4. The van der Waals surface area contributed by atoms with Gasteiger partial charge in [-0.15, -0.1) is 0 Å². The van der Waals surface area contributed by atoms with Gasteiger partial charge in [-0.2, -0.15) is 0 Å². The first-order valence-electron chi connectivity index (χ1n) is 5.38. The third-order valence-corrected chi connectivity index (χ3v) is 2.79. The van der Waals surface area contributed by atoms with E-state index in [1.807, 2.05) is 0 Å². The van der Waals surface area contributed by atoms with Crippen LogP contribution < -0.4 is 5.32 Å². The Morgan fingerprint density at radius 3 is 2.71 bits per heavy atom. The Morgan fingerprint density at radius 1 is 1.53 bits per heavy atom. The number of amides is 1. The first-order chi connectivity index (χ1) is 8.13. The number of aromatic nitrogens is 1. The highest BCUT2D eigenvalue weighted by molar-refractivity contribution is 5.94. The Bertz CT molecular complexity index is 433. The van der Waals surface area contributed by atoms with Crippen molar-refractivity contribution < 1.29 is 13.6 Å². The number of halogens is 2. The molecule has 4 nitrogen and oxygen atoms in total. The van der Waals surface area contributed by atoms with Crippen molar-refractivity contribution in [2.75, 3.05) is 25.5 Å². The summed E-state index contributed by atoms with van der Waals surface area (Å²) in [5.41, 5.74) is 0.0212. The molecular formula is C11H13F2N3O. The number of rotatable bonds is 3. The van der Waals surface area contributed by atoms with Crippen molar-refractivity contribution in [3.63, 3.8) is 0 Å². The van der Waals surface area contributed by atoms with Crippen LogP contribution in [-0.4, -0.2) is 35.9 Å². The van der Waals surface area contributed by atoms with Gasteiger partial charge >= 0.3 is 0 Å². The second-order valence-electron chi connectivity index (χ2n) is 3.86. The molecule has 1 aromatic rings. The molecule has 0 saturated carbocycles. The van der Waals surface area contributed by atoms with Crippen LogP contribution in [-0.2, 0) is 0 Å². The van der Waals surface area contributed by atoms with Crippen LogP contribution in [0.25, 0.3) is 0 Å². The Kier molecular flexibility index (Phi) is 3.21. The average molecular weight is 241 g/mol. The van der Waals surface area contributed by atoms with Crippen molar-refractivity contribution in [3.8, 4) is 0 Å². The highest BCUT2D eigenvalue weighted by atomic mass is 19.3. The maximum Gasteiger partial charge on any atom is 0.272 e. The predicted octanol–water partition coefficient (Wildman–Crippen LogP) is 1.91. The molecule has 1 N–H and O–H groups in total. The molecule has 6 heteroatoms. The molecule has 0 atom stereocenters. The van der Waals surface area contributed by atoms with E-state index in [0.29, 0.717) is 18.8 Å². The number of likely N-dealkylation sites (tertiary alicyclic amines) is 1. The minimum Gasteiger partial charge on any atom is -0.387 e. The summed E-state index contributed by atoms with van der Waals surface area (Å²) >= 11 is 0. The number of carbonyl (C=O) groups is 1. The molecule has 2 heterocycles. The quantitative estimate of drug-likeness (QED) is 0.879. The molecule has 92 valence electrons. The SMILES string of the molecule is CNc1cnc(C(=O)N2CCC2)c(C(F)F)c1. The van der Waals surface area contributed by atoms with Gasteiger partial charge in [-0.1, -0.05) is 0 Å². The van der Waals surface area contributed by atoms with Gasteiger partial charge in [0.2, 0.25) is 0 Å². The van der Waals surface area contributed by atoms with Crippen LogP contribution in [0.1, 0.15) is 28.9 Å². The number of anilines is 1. The minimum atomic E-state index is -2.70. The van der Waals surface area contributed by atoms with E-state index in [1.165, 1.54) is 17.2 Å². The normalized spacial score (nSPS) is 14.7. The minimum absolute atomic E-state index is 0.140. The number of pyridine rings is 1. The number of nitrogens with zero attached hydrogens (tertiary/aromatic N) is 2. The van der Waals surface area contributed by atoms with Crippen molar-refractivity contribution in [2.45, 2.75) is 12.8 Å². The molecule has 2 rings (SSSR count). The lowest BCUT2D eigenvalue weighted by Crippen LogP contribution is -2.42. The van der Waals surface area contributed by atoms with Crippen LogP contribution in [0.3, 0.4) is 0 Å². The van der Waals surface area contributed by atoms with Gasteiger partial charge in [0.15, 0.2) is 0 Å². The summed E-state index contributed by atoms with van der Waals surface area (Å²) < 4.78 is 25.7. The Morgan fingerprint density at radius 2 is 2.24 bits per heavy atom. The lowest BCUT2D eigenvalue weighted by molar-refractivity contribution is 0.0634. The Balaban J connectivity index is 2.34. The summed E-state index contributed by atoms with van der Waals surface area (Å²) in [4.78, 5) is 17.2. The van der Waals surface area contributed by atoms with Crippen LogP contribution >= 0.6 is 0 Å². The molecule has 1 aromatic heterocycles. The molecule has 0 bridgehead atoms. The number of hydrogen-bond acceptors (Lipinski definition) is 3. The van der Waals surface area contributed by atoms with Crippen molar-refractivity contribution in [3.05, 3.63) is 23.5 Å². The average Bonchev–Trinajstić information content (AvgIpc) is 2.25. The Labute approximate surface area is 97.6 Å². The standard InChI is InChI=1S/C11H13F2N3O/c1-14-7-5-8(10(12)13)9(15-6-7)11(17)16-3-2-4-16/h5-6,10,14H,2-4H2,1H3. The number of hydrogen-bond donors (Lipinski definition) is 1. The first kappa shape index (κ1) is 11.8. The zero-order valence-corrected chi connectivity index (χ0v) is 9.41. The monoisotopic (exact) mass is 241 g/mol. The van der Waals surface area contributed by atoms with Gasteiger partial charge in [-0.25, -0.2) is 13.8 Å². The number of alkyl halides is 2. The van der Waals surface area contributed by atoms with E-state index in [0.717, 1.165) is 6.42 Å². The van der Waals surface area contributed by atoms with Crippen LogP contribution in [0.4, 0.5) is 14.5 Å². The highest BCUT2D eigenvalue weighted by Crippen LogP contribution is 2.26. The van der Waals surface area contributed by atoms with E-state index in [2.05, 4.69) is 10.3 Å². The van der Waals surface area contributed by atoms with E-state index in [-0.39, 0.29) is 11.3 Å². The van der Waals surface area contributed by atoms with Crippen molar-refractivity contribution in [1.29, 1.82) is 0 Å². The first-order valence-corrected chi connectivity index (χ1v) is 5.38. The molecular weight excluding hydrogens is 228 g/mol. The number of nitrogens with one attached hydrogen (secondary N) is 1. The van der Waals surface area contributed by atoms with Gasteiger partial charge in [0.25, 0.3) is 12.3 Å². The largest absolute Gasteiger partial charge is 0.387 e.